The van der Waals surface area contributed by atoms with Gasteiger partial charge in [-0.15, -0.1) is 0 Å². The Hall–Kier alpha value is -1.97. The van der Waals surface area contributed by atoms with Crippen LogP contribution in [-0.4, -0.2) is 15.0 Å². The molecule has 0 radical (unpaired) electrons. The van der Waals surface area contributed by atoms with Crippen LogP contribution in [0.4, 0.5) is 0 Å². The second-order valence-electron chi connectivity index (χ2n) is 2.69. The summed E-state index contributed by atoms with van der Waals surface area (Å²) in [6.07, 6.45) is 4.84. The van der Waals surface area contributed by atoms with E-state index in [-0.39, 0.29) is 0 Å². The van der Waals surface area contributed by atoms with Crippen molar-refractivity contribution in [3.05, 3.63) is 30.9 Å². The van der Waals surface area contributed by atoms with Gasteiger partial charge in [-0.2, -0.15) is 0 Å². The third kappa shape index (κ3) is 0.823. The molecule has 3 heterocycles. The van der Waals surface area contributed by atoms with Gasteiger partial charge in [0.2, 0.25) is 5.71 Å². The lowest BCUT2D eigenvalue weighted by Gasteiger charge is -1.83. The van der Waals surface area contributed by atoms with Crippen molar-refractivity contribution in [3.8, 4) is 0 Å². The van der Waals surface area contributed by atoms with Crippen LogP contribution in [0, 0.1) is 0 Å². The first kappa shape index (κ1) is 6.54. The van der Waals surface area contributed by atoms with Gasteiger partial charge >= 0.3 is 0 Å². The standard InChI is InChI=1S/C9H5N3O/c1-2-6-8-7(4-10-5-12-8)13-9(6)11-3-1/h1-5H. The summed E-state index contributed by atoms with van der Waals surface area (Å²) in [5.41, 5.74) is 2.10. The summed E-state index contributed by atoms with van der Waals surface area (Å²) >= 11 is 0. The van der Waals surface area contributed by atoms with E-state index in [0.29, 0.717) is 11.3 Å². The molecule has 0 bridgehead atoms. The molecule has 0 aliphatic rings. The number of aromatic nitrogens is 3. The first-order valence-corrected chi connectivity index (χ1v) is 3.88. The Morgan fingerprint density at radius 2 is 2.23 bits per heavy atom. The molecule has 0 amide bonds. The van der Waals surface area contributed by atoms with Crippen LogP contribution >= 0.6 is 0 Å². The topological polar surface area (TPSA) is 51.8 Å². The Bertz CT molecular complexity index is 523. The average molecular weight is 171 g/mol. The van der Waals surface area contributed by atoms with Gasteiger partial charge in [0.1, 0.15) is 11.8 Å². The lowest BCUT2D eigenvalue weighted by molar-refractivity contribution is 0.651. The van der Waals surface area contributed by atoms with E-state index in [1.165, 1.54) is 6.33 Å². The molecule has 3 rings (SSSR count). The number of rotatable bonds is 0. The van der Waals surface area contributed by atoms with Crippen LogP contribution in [-0.2, 0) is 0 Å². The summed E-state index contributed by atoms with van der Waals surface area (Å²) in [6.45, 7) is 0. The van der Waals surface area contributed by atoms with Crippen LogP contribution in [0.25, 0.3) is 22.2 Å². The van der Waals surface area contributed by atoms with E-state index in [2.05, 4.69) is 15.0 Å². The van der Waals surface area contributed by atoms with Crippen molar-refractivity contribution in [3.63, 3.8) is 0 Å². The third-order valence-corrected chi connectivity index (χ3v) is 1.91. The maximum absolute atomic E-state index is 5.42. The van der Waals surface area contributed by atoms with Gasteiger partial charge < -0.3 is 4.42 Å². The highest BCUT2D eigenvalue weighted by Crippen LogP contribution is 2.23. The van der Waals surface area contributed by atoms with Gasteiger partial charge in [-0.3, -0.25) is 0 Å². The van der Waals surface area contributed by atoms with Crippen LogP contribution in [0.2, 0.25) is 0 Å². The van der Waals surface area contributed by atoms with E-state index < -0.39 is 0 Å². The van der Waals surface area contributed by atoms with Gasteiger partial charge in [0, 0.05) is 6.20 Å². The Kier molecular flexibility index (Phi) is 1.14. The zero-order valence-corrected chi connectivity index (χ0v) is 6.64. The van der Waals surface area contributed by atoms with Crippen LogP contribution in [0.5, 0.6) is 0 Å². The summed E-state index contributed by atoms with van der Waals surface area (Å²) in [7, 11) is 0. The number of furan rings is 1. The number of hydrogen-bond donors (Lipinski definition) is 0. The highest BCUT2D eigenvalue weighted by Gasteiger charge is 2.06. The van der Waals surface area contributed by atoms with E-state index in [4.69, 9.17) is 4.42 Å². The molecule has 0 aliphatic heterocycles. The molecule has 13 heavy (non-hydrogen) atoms. The fourth-order valence-corrected chi connectivity index (χ4v) is 1.35. The third-order valence-electron chi connectivity index (χ3n) is 1.91. The predicted octanol–water partition coefficient (Wildman–Crippen LogP) is 1.77. The highest BCUT2D eigenvalue weighted by atomic mass is 16.3. The molecule has 0 saturated carbocycles. The first-order valence-electron chi connectivity index (χ1n) is 3.88. The molecule has 0 unspecified atom stereocenters. The van der Waals surface area contributed by atoms with Gasteiger partial charge in [-0.25, -0.2) is 15.0 Å². The molecule has 0 fully saturated rings. The average Bonchev–Trinajstić information content (AvgIpc) is 2.56. The molecule has 3 aromatic rings. The maximum Gasteiger partial charge on any atom is 0.229 e. The second kappa shape index (κ2) is 2.26. The second-order valence-corrected chi connectivity index (χ2v) is 2.69. The van der Waals surface area contributed by atoms with Crippen LogP contribution in [0.3, 0.4) is 0 Å². The molecule has 4 heteroatoms. The minimum Gasteiger partial charge on any atom is -0.434 e. The quantitative estimate of drug-likeness (QED) is 0.517. The van der Waals surface area contributed by atoms with Crippen molar-refractivity contribution in [2.75, 3.05) is 0 Å². The van der Waals surface area contributed by atoms with Crippen LogP contribution in [0.15, 0.2) is 35.3 Å². The summed E-state index contributed by atoms with van der Waals surface area (Å²) in [6, 6.07) is 3.79. The molecule has 0 N–H and O–H groups in total. The summed E-state index contributed by atoms with van der Waals surface area (Å²) in [5, 5.41) is 0.930. The molecule has 4 nitrogen and oxygen atoms in total. The van der Waals surface area contributed by atoms with E-state index >= 15 is 0 Å². The van der Waals surface area contributed by atoms with Crippen molar-refractivity contribution in [2.45, 2.75) is 0 Å². The van der Waals surface area contributed by atoms with Gasteiger partial charge in [0.05, 0.1) is 11.6 Å². The van der Waals surface area contributed by atoms with Crippen LogP contribution < -0.4 is 0 Å². The van der Waals surface area contributed by atoms with Crippen molar-refractivity contribution in [1.29, 1.82) is 0 Å². The Morgan fingerprint density at radius 3 is 3.23 bits per heavy atom. The molecule has 0 aliphatic carbocycles. The van der Waals surface area contributed by atoms with E-state index in [1.807, 2.05) is 12.1 Å². The Morgan fingerprint density at radius 1 is 1.23 bits per heavy atom. The van der Waals surface area contributed by atoms with Crippen LogP contribution in [0.1, 0.15) is 0 Å². The van der Waals surface area contributed by atoms with E-state index in [1.54, 1.807) is 12.4 Å². The first-order chi connectivity index (χ1) is 6.45. The summed E-state index contributed by atoms with van der Waals surface area (Å²) < 4.78 is 5.42. The summed E-state index contributed by atoms with van der Waals surface area (Å²) in [4.78, 5) is 12.1. The maximum atomic E-state index is 5.42. The zero-order valence-electron chi connectivity index (χ0n) is 6.64. The lowest BCUT2D eigenvalue weighted by atomic mass is 10.3. The minimum atomic E-state index is 0.609. The highest BCUT2D eigenvalue weighted by molar-refractivity contribution is 6.00. The Balaban J connectivity index is 2.64. The van der Waals surface area contributed by atoms with Crippen molar-refractivity contribution < 1.29 is 4.42 Å². The van der Waals surface area contributed by atoms with E-state index in [0.717, 1.165) is 10.9 Å². The van der Waals surface area contributed by atoms with Gasteiger partial charge in [0.25, 0.3) is 0 Å². The van der Waals surface area contributed by atoms with Gasteiger partial charge in [0.15, 0.2) is 5.58 Å². The molecular formula is C9H5N3O. The SMILES string of the molecule is c1cnc2oc3cncnc3c2c1. The lowest BCUT2D eigenvalue weighted by Crippen LogP contribution is -1.75. The molecule has 0 aromatic carbocycles. The fraction of sp³-hybridized carbons (Fsp3) is 0. The molecule has 0 saturated heterocycles. The largest absolute Gasteiger partial charge is 0.434 e. The minimum absolute atomic E-state index is 0.609. The van der Waals surface area contributed by atoms with Crippen molar-refractivity contribution in [2.24, 2.45) is 0 Å². The number of pyridine rings is 1. The number of nitrogens with zero attached hydrogens (tertiary/aromatic N) is 3. The Labute approximate surface area is 73.2 Å². The zero-order chi connectivity index (χ0) is 8.67. The predicted molar refractivity (Wildman–Crippen MR) is 47.1 cm³/mol. The van der Waals surface area contributed by atoms with E-state index in [9.17, 15) is 0 Å². The molecule has 62 valence electrons. The molecular weight excluding hydrogens is 166 g/mol. The molecule has 3 aromatic heterocycles. The van der Waals surface area contributed by atoms with Gasteiger partial charge in [-0.05, 0) is 12.1 Å². The van der Waals surface area contributed by atoms with Gasteiger partial charge in [-0.1, -0.05) is 0 Å². The smallest absolute Gasteiger partial charge is 0.229 e. The monoisotopic (exact) mass is 171 g/mol. The normalized spacial score (nSPS) is 11.1. The van der Waals surface area contributed by atoms with Crippen molar-refractivity contribution in [1.82, 2.24) is 15.0 Å². The fourth-order valence-electron chi connectivity index (χ4n) is 1.35. The number of fused-ring (bicyclic) bond motifs is 3. The molecule has 0 atom stereocenters. The van der Waals surface area contributed by atoms with Crippen molar-refractivity contribution >= 4 is 22.2 Å². The molecule has 0 spiro atoms. The summed E-state index contributed by atoms with van der Waals surface area (Å²) in [5.74, 6) is 0. The number of hydrogen-bond acceptors (Lipinski definition) is 4.